The molecule has 2 atom stereocenters. The fraction of sp³-hybridized carbons (Fsp3) is 0.846. The summed E-state index contributed by atoms with van der Waals surface area (Å²) in [5, 5.41) is 4.09. The molecular formula is C13H23N3O2. The van der Waals surface area contributed by atoms with Crippen molar-refractivity contribution in [1.29, 1.82) is 0 Å². The summed E-state index contributed by atoms with van der Waals surface area (Å²) in [6.45, 7) is 3.67. The monoisotopic (exact) mass is 253 g/mol. The minimum Gasteiger partial charge on any atom is -0.370 e. The number of nitrogens with zero attached hydrogens (tertiary/aromatic N) is 2. The summed E-state index contributed by atoms with van der Waals surface area (Å²) in [6, 6.07) is 0. The van der Waals surface area contributed by atoms with Crippen molar-refractivity contribution in [3.8, 4) is 0 Å². The number of ether oxygens (including phenoxy) is 1. The molecule has 0 amide bonds. The summed E-state index contributed by atoms with van der Waals surface area (Å²) in [5.41, 5.74) is 5.35. The lowest BCUT2D eigenvalue weighted by molar-refractivity contribution is 0.104. The highest BCUT2D eigenvalue weighted by Crippen LogP contribution is 2.36. The normalized spacial score (nSPS) is 24.3. The van der Waals surface area contributed by atoms with Gasteiger partial charge in [-0.1, -0.05) is 31.3 Å². The van der Waals surface area contributed by atoms with Crippen LogP contribution in [-0.2, 0) is 11.3 Å². The van der Waals surface area contributed by atoms with Gasteiger partial charge in [0.25, 0.3) is 5.89 Å². The van der Waals surface area contributed by atoms with E-state index >= 15 is 0 Å². The molecule has 0 aromatic carbocycles. The molecule has 0 saturated heterocycles. The zero-order valence-electron chi connectivity index (χ0n) is 11.1. The third-order valence-electron chi connectivity index (χ3n) is 3.70. The first-order valence-corrected chi connectivity index (χ1v) is 6.93. The first-order valence-electron chi connectivity index (χ1n) is 6.93. The lowest BCUT2D eigenvalue weighted by Crippen LogP contribution is -2.14. The molecule has 0 radical (unpaired) electrons. The van der Waals surface area contributed by atoms with Gasteiger partial charge >= 0.3 is 0 Å². The van der Waals surface area contributed by atoms with Crippen molar-refractivity contribution in [2.75, 3.05) is 13.2 Å². The minimum atomic E-state index is 0.369. The van der Waals surface area contributed by atoms with E-state index < -0.39 is 0 Å². The highest BCUT2D eigenvalue weighted by Gasteiger charge is 2.25. The van der Waals surface area contributed by atoms with Crippen molar-refractivity contribution in [3.05, 3.63) is 11.7 Å². The van der Waals surface area contributed by atoms with Crippen LogP contribution in [0.25, 0.3) is 0 Å². The van der Waals surface area contributed by atoms with Gasteiger partial charge in [-0.15, -0.1) is 0 Å². The Morgan fingerprint density at radius 2 is 2.33 bits per heavy atom. The predicted molar refractivity (Wildman–Crippen MR) is 68.0 cm³/mol. The summed E-state index contributed by atoms with van der Waals surface area (Å²) in [5.74, 6) is 2.71. The van der Waals surface area contributed by atoms with Crippen LogP contribution in [0.5, 0.6) is 0 Å². The standard InChI is InChI=1S/C13H23N3O2/c1-2-10-4-3-5-11(8-10)13-15-12(18-16-13)9-17-7-6-14/h10-11H,2-9,14H2,1H3. The van der Waals surface area contributed by atoms with Crippen molar-refractivity contribution >= 4 is 0 Å². The maximum atomic E-state index is 5.35. The van der Waals surface area contributed by atoms with Crippen LogP contribution in [0.1, 0.15) is 56.7 Å². The fourth-order valence-corrected chi connectivity index (χ4v) is 2.63. The van der Waals surface area contributed by atoms with Crippen LogP contribution in [0.4, 0.5) is 0 Å². The number of aromatic nitrogens is 2. The van der Waals surface area contributed by atoms with Crippen molar-refractivity contribution in [2.45, 2.75) is 51.6 Å². The molecule has 1 aromatic heterocycles. The van der Waals surface area contributed by atoms with Gasteiger partial charge in [-0.3, -0.25) is 0 Å². The Labute approximate surface area is 108 Å². The Bertz CT molecular complexity index is 354. The summed E-state index contributed by atoms with van der Waals surface area (Å²) in [6.07, 6.45) is 6.24. The number of rotatable bonds is 6. The molecular weight excluding hydrogens is 230 g/mol. The minimum absolute atomic E-state index is 0.369. The zero-order chi connectivity index (χ0) is 12.8. The number of hydrogen-bond donors (Lipinski definition) is 1. The molecule has 102 valence electrons. The summed E-state index contributed by atoms with van der Waals surface area (Å²) < 4.78 is 10.5. The first kappa shape index (κ1) is 13.5. The van der Waals surface area contributed by atoms with E-state index in [9.17, 15) is 0 Å². The molecule has 0 bridgehead atoms. The van der Waals surface area contributed by atoms with E-state index in [2.05, 4.69) is 17.1 Å². The quantitative estimate of drug-likeness (QED) is 0.787. The van der Waals surface area contributed by atoms with Gasteiger partial charge in [0.05, 0.1) is 6.61 Å². The lowest BCUT2D eigenvalue weighted by Gasteiger charge is -2.26. The van der Waals surface area contributed by atoms with E-state index in [0.717, 1.165) is 11.7 Å². The molecule has 0 spiro atoms. The summed E-state index contributed by atoms with van der Waals surface area (Å²) in [4.78, 5) is 4.43. The van der Waals surface area contributed by atoms with E-state index in [0.29, 0.717) is 31.6 Å². The molecule has 18 heavy (non-hydrogen) atoms. The van der Waals surface area contributed by atoms with Gasteiger partial charge in [0.1, 0.15) is 6.61 Å². The average Bonchev–Trinajstić information content (AvgIpc) is 2.88. The van der Waals surface area contributed by atoms with E-state index in [-0.39, 0.29) is 0 Å². The van der Waals surface area contributed by atoms with E-state index in [1.54, 1.807) is 0 Å². The highest BCUT2D eigenvalue weighted by atomic mass is 16.5. The summed E-state index contributed by atoms with van der Waals surface area (Å²) >= 11 is 0. The molecule has 1 aliphatic carbocycles. The Balaban J connectivity index is 1.88. The van der Waals surface area contributed by atoms with E-state index in [1.807, 2.05) is 0 Å². The molecule has 2 unspecified atom stereocenters. The van der Waals surface area contributed by atoms with Crippen LogP contribution in [0.15, 0.2) is 4.52 Å². The van der Waals surface area contributed by atoms with Crippen LogP contribution < -0.4 is 5.73 Å². The maximum absolute atomic E-state index is 5.35. The van der Waals surface area contributed by atoms with Gasteiger partial charge in [-0.25, -0.2) is 0 Å². The SMILES string of the molecule is CCC1CCCC(c2noc(COCCN)n2)C1. The van der Waals surface area contributed by atoms with Crippen LogP contribution in [-0.4, -0.2) is 23.3 Å². The maximum Gasteiger partial charge on any atom is 0.252 e. The second kappa shape index (κ2) is 6.85. The number of hydrogen-bond acceptors (Lipinski definition) is 5. The molecule has 2 rings (SSSR count). The fourth-order valence-electron chi connectivity index (χ4n) is 2.63. The molecule has 1 heterocycles. The van der Waals surface area contributed by atoms with Crippen molar-refractivity contribution < 1.29 is 9.26 Å². The van der Waals surface area contributed by atoms with Crippen molar-refractivity contribution in [1.82, 2.24) is 10.1 Å². The van der Waals surface area contributed by atoms with Gasteiger partial charge < -0.3 is 15.0 Å². The Morgan fingerprint density at radius 3 is 3.11 bits per heavy atom. The van der Waals surface area contributed by atoms with E-state index in [1.165, 1.54) is 32.1 Å². The third-order valence-corrected chi connectivity index (χ3v) is 3.70. The largest absolute Gasteiger partial charge is 0.370 e. The molecule has 0 aliphatic heterocycles. The Hall–Kier alpha value is -0.940. The third kappa shape index (κ3) is 3.53. The second-order valence-electron chi connectivity index (χ2n) is 5.03. The van der Waals surface area contributed by atoms with Crippen LogP contribution in [0.3, 0.4) is 0 Å². The smallest absolute Gasteiger partial charge is 0.252 e. The molecule has 2 N–H and O–H groups in total. The predicted octanol–water partition coefficient (Wildman–Crippen LogP) is 2.23. The Kier molecular flexibility index (Phi) is 5.13. The zero-order valence-corrected chi connectivity index (χ0v) is 11.1. The van der Waals surface area contributed by atoms with Crippen molar-refractivity contribution in [3.63, 3.8) is 0 Å². The summed E-state index contributed by atoms with van der Waals surface area (Å²) in [7, 11) is 0. The van der Waals surface area contributed by atoms with Gasteiger partial charge in [0.2, 0.25) is 0 Å². The van der Waals surface area contributed by atoms with Gasteiger partial charge in [-0.05, 0) is 18.8 Å². The highest BCUT2D eigenvalue weighted by molar-refractivity contribution is 4.97. The van der Waals surface area contributed by atoms with Crippen LogP contribution >= 0.6 is 0 Å². The van der Waals surface area contributed by atoms with E-state index in [4.69, 9.17) is 15.0 Å². The van der Waals surface area contributed by atoms with Crippen LogP contribution in [0.2, 0.25) is 0 Å². The van der Waals surface area contributed by atoms with Gasteiger partial charge in [0, 0.05) is 12.5 Å². The molecule has 1 aromatic rings. The molecule has 5 nitrogen and oxygen atoms in total. The first-order chi connectivity index (χ1) is 8.83. The van der Waals surface area contributed by atoms with Crippen LogP contribution in [0, 0.1) is 5.92 Å². The molecule has 1 fully saturated rings. The molecule has 1 saturated carbocycles. The van der Waals surface area contributed by atoms with Gasteiger partial charge in [-0.2, -0.15) is 4.98 Å². The average molecular weight is 253 g/mol. The number of nitrogens with two attached hydrogens (primary N) is 1. The Morgan fingerprint density at radius 1 is 1.44 bits per heavy atom. The molecule has 5 heteroatoms. The second-order valence-corrected chi connectivity index (χ2v) is 5.03. The van der Waals surface area contributed by atoms with Gasteiger partial charge in [0.15, 0.2) is 5.82 Å². The lowest BCUT2D eigenvalue weighted by atomic mass is 9.80. The van der Waals surface area contributed by atoms with Crippen molar-refractivity contribution in [2.24, 2.45) is 11.7 Å². The molecule has 1 aliphatic rings. The topological polar surface area (TPSA) is 74.2 Å².